The van der Waals surface area contributed by atoms with Crippen LogP contribution in [-0.4, -0.2) is 30.2 Å². The summed E-state index contributed by atoms with van der Waals surface area (Å²) in [4.78, 5) is 13.6. The monoisotopic (exact) mass is 407 g/mol. The summed E-state index contributed by atoms with van der Waals surface area (Å²) < 4.78 is 15.6. The van der Waals surface area contributed by atoms with Crippen LogP contribution in [0.1, 0.15) is 45.9 Å². The molecule has 2 heterocycles. The number of aliphatic hydroxyl groups is 1. The molecule has 3 aromatic rings. The first-order valence-electron chi connectivity index (χ1n) is 9.41. The molecule has 3 N–H and O–H groups in total. The molecule has 3 rings (SSSR count). The fourth-order valence-electron chi connectivity index (χ4n) is 3.28. The molecule has 0 radical (unpaired) electrons. The normalized spacial score (nSPS) is 11.6. The number of aryl methyl sites for hydroxylation is 2. The lowest BCUT2D eigenvalue weighted by molar-refractivity contribution is 0.0235. The zero-order valence-corrected chi connectivity index (χ0v) is 17.3. The second-order valence-corrected chi connectivity index (χ2v) is 6.82. The third kappa shape index (κ3) is 4.25. The minimum absolute atomic E-state index is 0. The van der Waals surface area contributed by atoms with Crippen LogP contribution >= 0.6 is 12.4 Å². The Bertz CT molecular complexity index is 955. The Morgan fingerprint density at radius 3 is 2.46 bits per heavy atom. The summed E-state index contributed by atoms with van der Waals surface area (Å²) in [5.74, 6) is 1.18. The Hall–Kier alpha value is -2.25. The first-order valence-corrected chi connectivity index (χ1v) is 9.41. The van der Waals surface area contributed by atoms with Gasteiger partial charge in [0.05, 0.1) is 5.60 Å². The molecule has 1 aromatic carbocycles. The number of rotatable bonds is 7. The van der Waals surface area contributed by atoms with E-state index in [2.05, 4.69) is 15.0 Å². The Balaban J connectivity index is 0.00000280. The standard InChI is InChI=1S/C20H26FN5O.ClH/c1-4-20(27,5-2)11-10-15-23-17(22)16-19(24-15)26(6-3)18(25-16)13-8-7-9-14(21)12-13;/h7-9,12,27H,4-6,10-11H2,1-3H3,(H2,22,23,24);1H. The quantitative estimate of drug-likeness (QED) is 0.614. The lowest BCUT2D eigenvalue weighted by atomic mass is 9.92. The number of fused-ring (bicyclic) bond motifs is 1. The highest BCUT2D eigenvalue weighted by atomic mass is 35.5. The van der Waals surface area contributed by atoms with Crippen LogP contribution in [0.15, 0.2) is 24.3 Å². The Labute approximate surface area is 170 Å². The van der Waals surface area contributed by atoms with Gasteiger partial charge in [0, 0.05) is 18.5 Å². The Morgan fingerprint density at radius 2 is 1.86 bits per heavy atom. The number of benzene rings is 1. The molecule has 6 nitrogen and oxygen atoms in total. The Morgan fingerprint density at radius 1 is 1.14 bits per heavy atom. The van der Waals surface area contributed by atoms with E-state index in [0.29, 0.717) is 66.4 Å². The maximum absolute atomic E-state index is 13.7. The maximum Gasteiger partial charge on any atom is 0.166 e. The summed E-state index contributed by atoms with van der Waals surface area (Å²) in [5, 5.41) is 10.5. The number of imidazole rings is 1. The first kappa shape index (κ1) is 22.0. The van der Waals surface area contributed by atoms with E-state index in [0.717, 1.165) is 0 Å². The SMILES string of the molecule is CCn1c(-c2cccc(F)c2)nc2c(N)nc(CCC(O)(CC)CC)nc21.Cl. The number of nitrogens with two attached hydrogens (primary N) is 1. The number of nitrogens with zero attached hydrogens (tertiary/aromatic N) is 4. The van der Waals surface area contributed by atoms with Gasteiger partial charge in [-0.2, -0.15) is 0 Å². The molecule has 152 valence electrons. The van der Waals surface area contributed by atoms with Gasteiger partial charge in [0.15, 0.2) is 17.0 Å². The minimum atomic E-state index is -0.717. The van der Waals surface area contributed by atoms with E-state index in [1.807, 2.05) is 31.4 Å². The first-order chi connectivity index (χ1) is 12.9. The molecule has 0 spiro atoms. The molecule has 28 heavy (non-hydrogen) atoms. The van der Waals surface area contributed by atoms with E-state index >= 15 is 0 Å². The second-order valence-electron chi connectivity index (χ2n) is 6.82. The molecule has 2 aromatic heterocycles. The lowest BCUT2D eigenvalue weighted by Gasteiger charge is -2.24. The summed E-state index contributed by atoms with van der Waals surface area (Å²) in [6, 6.07) is 6.31. The minimum Gasteiger partial charge on any atom is -0.390 e. The van der Waals surface area contributed by atoms with Crippen LogP contribution in [0, 0.1) is 5.82 Å². The molecule has 0 saturated carbocycles. The number of hydrogen-bond acceptors (Lipinski definition) is 5. The highest BCUT2D eigenvalue weighted by molar-refractivity contribution is 5.86. The molecule has 0 atom stereocenters. The fraction of sp³-hybridized carbons (Fsp3) is 0.450. The van der Waals surface area contributed by atoms with Crippen molar-refractivity contribution in [2.45, 2.75) is 58.6 Å². The van der Waals surface area contributed by atoms with Crippen LogP contribution in [0.25, 0.3) is 22.6 Å². The van der Waals surface area contributed by atoms with Gasteiger partial charge in [0.2, 0.25) is 0 Å². The molecule has 0 fully saturated rings. The van der Waals surface area contributed by atoms with Crippen LogP contribution in [0.3, 0.4) is 0 Å². The highest BCUT2D eigenvalue weighted by Gasteiger charge is 2.23. The van der Waals surface area contributed by atoms with Crippen molar-refractivity contribution in [2.24, 2.45) is 0 Å². The summed E-state index contributed by atoms with van der Waals surface area (Å²) >= 11 is 0. The van der Waals surface area contributed by atoms with Crippen LogP contribution in [-0.2, 0) is 13.0 Å². The van der Waals surface area contributed by atoms with Crippen molar-refractivity contribution >= 4 is 29.4 Å². The molecule has 0 bridgehead atoms. The molecule has 0 aliphatic heterocycles. The summed E-state index contributed by atoms with van der Waals surface area (Å²) in [5.41, 5.74) is 7.24. The molecule has 0 saturated heterocycles. The van der Waals surface area contributed by atoms with Gasteiger partial charge in [-0.1, -0.05) is 26.0 Å². The molecule has 0 aliphatic rings. The number of halogens is 2. The molecular weight excluding hydrogens is 381 g/mol. The molecular formula is C20H27ClFN5O. The van der Waals surface area contributed by atoms with E-state index in [-0.39, 0.29) is 18.2 Å². The third-order valence-electron chi connectivity index (χ3n) is 5.20. The van der Waals surface area contributed by atoms with Crippen molar-refractivity contribution in [2.75, 3.05) is 5.73 Å². The van der Waals surface area contributed by atoms with Crippen LogP contribution in [0.4, 0.5) is 10.2 Å². The van der Waals surface area contributed by atoms with Crippen molar-refractivity contribution in [1.82, 2.24) is 19.5 Å². The van der Waals surface area contributed by atoms with Crippen LogP contribution < -0.4 is 5.73 Å². The van der Waals surface area contributed by atoms with E-state index in [4.69, 9.17) is 5.73 Å². The topological polar surface area (TPSA) is 89.9 Å². The van der Waals surface area contributed by atoms with Crippen molar-refractivity contribution in [1.29, 1.82) is 0 Å². The van der Waals surface area contributed by atoms with E-state index in [9.17, 15) is 9.50 Å². The van der Waals surface area contributed by atoms with E-state index in [1.54, 1.807) is 6.07 Å². The van der Waals surface area contributed by atoms with Gasteiger partial charge in [-0.25, -0.2) is 19.3 Å². The van der Waals surface area contributed by atoms with Crippen molar-refractivity contribution in [3.05, 3.63) is 35.9 Å². The highest BCUT2D eigenvalue weighted by Crippen LogP contribution is 2.28. The number of hydrogen-bond donors (Lipinski definition) is 2. The van der Waals surface area contributed by atoms with Gasteiger partial charge in [-0.05, 0) is 38.3 Å². The summed E-state index contributed by atoms with van der Waals surface area (Å²) in [7, 11) is 0. The van der Waals surface area contributed by atoms with Gasteiger partial charge in [0.1, 0.15) is 17.5 Å². The summed E-state index contributed by atoms with van der Waals surface area (Å²) in [6.45, 7) is 6.54. The van der Waals surface area contributed by atoms with Gasteiger partial charge < -0.3 is 15.4 Å². The zero-order chi connectivity index (χ0) is 19.6. The second kappa shape index (κ2) is 8.84. The van der Waals surface area contributed by atoms with E-state index in [1.165, 1.54) is 12.1 Å². The fourth-order valence-corrected chi connectivity index (χ4v) is 3.28. The van der Waals surface area contributed by atoms with Gasteiger partial charge >= 0.3 is 0 Å². The molecule has 8 heteroatoms. The van der Waals surface area contributed by atoms with E-state index < -0.39 is 5.60 Å². The zero-order valence-electron chi connectivity index (χ0n) is 16.4. The predicted molar refractivity (Wildman–Crippen MR) is 112 cm³/mol. The molecule has 0 unspecified atom stereocenters. The van der Waals surface area contributed by atoms with Crippen LogP contribution in [0.2, 0.25) is 0 Å². The third-order valence-corrected chi connectivity index (χ3v) is 5.20. The van der Waals surface area contributed by atoms with Crippen LogP contribution in [0.5, 0.6) is 0 Å². The van der Waals surface area contributed by atoms with Gasteiger partial charge in [-0.15, -0.1) is 12.4 Å². The van der Waals surface area contributed by atoms with Gasteiger partial charge in [-0.3, -0.25) is 0 Å². The van der Waals surface area contributed by atoms with Gasteiger partial charge in [0.25, 0.3) is 0 Å². The lowest BCUT2D eigenvalue weighted by Crippen LogP contribution is -2.27. The number of nitrogen functional groups attached to an aromatic ring is 1. The van der Waals surface area contributed by atoms with Crippen molar-refractivity contribution < 1.29 is 9.50 Å². The average molecular weight is 408 g/mol. The maximum atomic E-state index is 13.7. The number of anilines is 1. The van der Waals surface area contributed by atoms with Crippen molar-refractivity contribution in [3.63, 3.8) is 0 Å². The molecule has 0 amide bonds. The Kier molecular flexibility index (Phi) is 6.96. The predicted octanol–water partition coefficient (Wildman–Crippen LogP) is 4.14. The molecule has 0 aliphatic carbocycles. The number of aromatic nitrogens is 4. The smallest absolute Gasteiger partial charge is 0.166 e. The van der Waals surface area contributed by atoms with Crippen molar-refractivity contribution in [3.8, 4) is 11.4 Å². The average Bonchev–Trinajstić information content (AvgIpc) is 3.05. The summed E-state index contributed by atoms with van der Waals surface area (Å²) in [6.07, 6.45) is 2.46. The largest absolute Gasteiger partial charge is 0.390 e.